The number of piperazine rings is 1. The van der Waals surface area contributed by atoms with Crippen LogP contribution < -0.4 is 15.4 Å². The smallest absolute Gasteiger partial charge is 0.387 e. The van der Waals surface area contributed by atoms with E-state index in [0.717, 1.165) is 12.8 Å². The lowest BCUT2D eigenvalue weighted by Gasteiger charge is -2.34. The van der Waals surface area contributed by atoms with Gasteiger partial charge < -0.3 is 15.0 Å². The van der Waals surface area contributed by atoms with Gasteiger partial charge in [-0.3, -0.25) is 19.8 Å². The second kappa shape index (κ2) is 8.96. The molecule has 0 bridgehead atoms. The van der Waals surface area contributed by atoms with Gasteiger partial charge in [0.05, 0.1) is 12.1 Å². The molecule has 152 valence electrons. The minimum atomic E-state index is -3.01. The maximum absolute atomic E-state index is 12.6. The van der Waals surface area contributed by atoms with E-state index in [1.165, 1.54) is 23.1 Å². The normalized spacial score (nSPS) is 17.3. The van der Waals surface area contributed by atoms with E-state index >= 15 is 0 Å². The molecule has 1 aliphatic carbocycles. The number of nitrogens with zero attached hydrogens (tertiary/aromatic N) is 2. The molecule has 1 heterocycles. The Morgan fingerprint density at radius 3 is 2.43 bits per heavy atom. The van der Waals surface area contributed by atoms with Crippen LogP contribution >= 0.6 is 0 Å². The van der Waals surface area contributed by atoms with Crippen molar-refractivity contribution in [2.24, 2.45) is 0 Å². The fraction of sp³-hybridized carbons (Fsp3) is 0.500. The first-order chi connectivity index (χ1) is 13.4. The number of hydrogen-bond acceptors (Lipinski definition) is 5. The minimum absolute atomic E-state index is 0.0468. The molecule has 4 amide bonds. The summed E-state index contributed by atoms with van der Waals surface area (Å²) in [4.78, 5) is 39.5. The van der Waals surface area contributed by atoms with Gasteiger partial charge in [0.15, 0.2) is 0 Å². The molecule has 2 aliphatic rings. The van der Waals surface area contributed by atoms with E-state index in [4.69, 9.17) is 0 Å². The summed E-state index contributed by atoms with van der Waals surface area (Å²) >= 11 is 0. The molecule has 1 aromatic carbocycles. The Hall–Kier alpha value is -2.75. The monoisotopic (exact) mass is 396 g/mol. The van der Waals surface area contributed by atoms with Crippen LogP contribution in [0, 0.1) is 0 Å². The van der Waals surface area contributed by atoms with Crippen LogP contribution in [0.2, 0.25) is 0 Å². The fourth-order valence-electron chi connectivity index (χ4n) is 2.94. The van der Waals surface area contributed by atoms with Gasteiger partial charge in [-0.2, -0.15) is 8.78 Å². The van der Waals surface area contributed by atoms with Crippen LogP contribution in [0.3, 0.4) is 0 Å². The van der Waals surface area contributed by atoms with Crippen LogP contribution in [0.25, 0.3) is 0 Å². The molecule has 8 nitrogen and oxygen atoms in total. The zero-order valence-electron chi connectivity index (χ0n) is 15.2. The van der Waals surface area contributed by atoms with Crippen LogP contribution in [-0.4, -0.2) is 73.0 Å². The summed E-state index contributed by atoms with van der Waals surface area (Å²) in [6, 6.07) is 5.55. The molecule has 0 atom stereocenters. The summed E-state index contributed by atoms with van der Waals surface area (Å²) < 4.78 is 29.5. The van der Waals surface area contributed by atoms with E-state index in [0.29, 0.717) is 26.2 Å². The third-order valence-corrected chi connectivity index (χ3v) is 4.53. The van der Waals surface area contributed by atoms with Gasteiger partial charge >= 0.3 is 12.6 Å². The molecule has 0 aromatic heterocycles. The summed E-state index contributed by atoms with van der Waals surface area (Å²) in [6.45, 7) is -1.43. The number of benzene rings is 1. The number of carbonyl (C=O) groups excluding carboxylic acids is 3. The predicted octanol–water partition coefficient (Wildman–Crippen LogP) is 1.03. The Morgan fingerprint density at radius 2 is 1.79 bits per heavy atom. The molecule has 0 unspecified atom stereocenters. The van der Waals surface area contributed by atoms with Crippen molar-refractivity contribution in [2.75, 3.05) is 32.7 Å². The van der Waals surface area contributed by atoms with E-state index in [1.807, 2.05) is 4.90 Å². The summed E-state index contributed by atoms with van der Waals surface area (Å²) in [5.41, 5.74) is 0.0748. The predicted molar refractivity (Wildman–Crippen MR) is 95.1 cm³/mol. The Morgan fingerprint density at radius 1 is 1.11 bits per heavy atom. The maximum atomic E-state index is 12.6. The Labute approximate surface area is 160 Å². The van der Waals surface area contributed by atoms with E-state index in [-0.39, 0.29) is 23.9 Å². The number of ether oxygens (including phenoxy) is 1. The Kier molecular flexibility index (Phi) is 6.40. The maximum Gasteiger partial charge on any atom is 0.387 e. The number of halogens is 2. The van der Waals surface area contributed by atoms with E-state index < -0.39 is 24.5 Å². The first kappa shape index (κ1) is 20.0. The summed E-state index contributed by atoms with van der Waals surface area (Å²) in [5, 5.41) is 4.96. The number of rotatable bonds is 6. The first-order valence-corrected chi connectivity index (χ1v) is 9.08. The van der Waals surface area contributed by atoms with Gasteiger partial charge in [-0.25, -0.2) is 4.79 Å². The average Bonchev–Trinajstić information content (AvgIpc) is 3.45. The van der Waals surface area contributed by atoms with E-state index in [1.54, 1.807) is 6.07 Å². The zero-order chi connectivity index (χ0) is 20.1. The van der Waals surface area contributed by atoms with Crippen LogP contribution in [0.15, 0.2) is 24.3 Å². The highest BCUT2D eigenvalue weighted by atomic mass is 19.3. The molecule has 0 radical (unpaired) electrons. The lowest BCUT2D eigenvalue weighted by Crippen LogP contribution is -2.52. The van der Waals surface area contributed by atoms with Crippen molar-refractivity contribution < 1.29 is 27.9 Å². The van der Waals surface area contributed by atoms with Crippen LogP contribution in [0.1, 0.15) is 23.2 Å². The molecular formula is C18H22F2N4O4. The highest BCUT2D eigenvalue weighted by Crippen LogP contribution is 2.22. The number of hydrogen-bond donors (Lipinski definition) is 2. The summed E-state index contributed by atoms with van der Waals surface area (Å²) in [5.74, 6) is -0.969. The van der Waals surface area contributed by atoms with Crippen molar-refractivity contribution in [2.45, 2.75) is 25.5 Å². The third-order valence-electron chi connectivity index (χ3n) is 4.53. The quantitative estimate of drug-likeness (QED) is 0.750. The van der Waals surface area contributed by atoms with Gasteiger partial charge in [-0.05, 0) is 25.0 Å². The van der Waals surface area contributed by atoms with E-state index in [9.17, 15) is 23.2 Å². The molecule has 1 saturated heterocycles. The average molecular weight is 396 g/mol. The number of carbonyl (C=O) groups is 3. The summed E-state index contributed by atoms with van der Waals surface area (Å²) in [6.07, 6.45) is 1.87. The molecular weight excluding hydrogens is 374 g/mol. The molecule has 10 heteroatoms. The fourth-order valence-corrected chi connectivity index (χ4v) is 2.94. The lowest BCUT2D eigenvalue weighted by molar-refractivity contribution is -0.121. The number of amides is 4. The Bertz CT molecular complexity index is 734. The molecule has 3 rings (SSSR count). The van der Waals surface area contributed by atoms with Crippen LogP contribution in [0.4, 0.5) is 13.6 Å². The first-order valence-electron chi connectivity index (χ1n) is 9.08. The van der Waals surface area contributed by atoms with Crippen molar-refractivity contribution >= 4 is 17.8 Å². The van der Waals surface area contributed by atoms with Crippen molar-refractivity contribution in [1.82, 2.24) is 20.4 Å². The number of imide groups is 1. The molecule has 2 fully saturated rings. The van der Waals surface area contributed by atoms with Gasteiger partial charge in [0, 0.05) is 32.2 Å². The zero-order valence-corrected chi connectivity index (χ0v) is 15.2. The van der Waals surface area contributed by atoms with E-state index in [2.05, 4.69) is 15.4 Å². The molecule has 28 heavy (non-hydrogen) atoms. The standard InChI is InChI=1S/C18H22F2N4O4/c19-17(20)28-14-4-2-1-3-13(14)16(26)24-9-7-23(8-10-24)11-15(25)22-18(27)21-12-5-6-12/h1-4,12,17H,5-11H2,(H2,21,22,25,27). The van der Waals surface area contributed by atoms with Crippen molar-refractivity contribution in [3.8, 4) is 5.75 Å². The van der Waals surface area contributed by atoms with Crippen molar-refractivity contribution in [3.63, 3.8) is 0 Å². The highest BCUT2D eigenvalue weighted by molar-refractivity contribution is 5.97. The summed E-state index contributed by atoms with van der Waals surface area (Å²) in [7, 11) is 0. The second-order valence-electron chi connectivity index (χ2n) is 6.74. The molecule has 1 aromatic rings. The van der Waals surface area contributed by atoms with Gasteiger partial charge in [-0.15, -0.1) is 0 Å². The van der Waals surface area contributed by atoms with Gasteiger partial charge in [0.2, 0.25) is 5.91 Å². The molecule has 1 aliphatic heterocycles. The number of para-hydroxylation sites is 1. The molecule has 2 N–H and O–H groups in total. The number of nitrogens with one attached hydrogen (secondary N) is 2. The second-order valence-corrected chi connectivity index (χ2v) is 6.74. The largest absolute Gasteiger partial charge is 0.434 e. The minimum Gasteiger partial charge on any atom is -0.434 e. The Balaban J connectivity index is 1.47. The molecule has 1 saturated carbocycles. The van der Waals surface area contributed by atoms with Gasteiger partial charge in [0.1, 0.15) is 5.75 Å². The number of alkyl halides is 2. The SMILES string of the molecule is O=C(CN1CCN(C(=O)c2ccccc2OC(F)F)CC1)NC(=O)NC1CC1. The third kappa shape index (κ3) is 5.62. The van der Waals surface area contributed by atoms with Gasteiger partial charge in [0.25, 0.3) is 5.91 Å². The van der Waals surface area contributed by atoms with Crippen LogP contribution in [0.5, 0.6) is 5.75 Å². The van der Waals surface area contributed by atoms with Gasteiger partial charge in [-0.1, -0.05) is 12.1 Å². The van der Waals surface area contributed by atoms with Crippen LogP contribution in [-0.2, 0) is 4.79 Å². The highest BCUT2D eigenvalue weighted by Gasteiger charge is 2.27. The topological polar surface area (TPSA) is 91.0 Å². The lowest BCUT2D eigenvalue weighted by atomic mass is 10.1. The number of urea groups is 1. The van der Waals surface area contributed by atoms with Crippen molar-refractivity contribution in [1.29, 1.82) is 0 Å². The van der Waals surface area contributed by atoms with Crippen molar-refractivity contribution in [3.05, 3.63) is 29.8 Å². The molecule has 0 spiro atoms.